The Labute approximate surface area is 128 Å². The van der Waals surface area contributed by atoms with Crippen molar-refractivity contribution in [1.29, 1.82) is 0 Å². The normalized spacial score (nSPS) is 31.8. The molecule has 1 aliphatic heterocycles. The number of hydrogen-bond donors (Lipinski definition) is 0. The minimum absolute atomic E-state index is 0.113. The Morgan fingerprint density at radius 3 is 2.18 bits per heavy atom. The van der Waals surface area contributed by atoms with Crippen LogP contribution in [0.2, 0.25) is 0 Å². The highest BCUT2D eigenvalue weighted by Crippen LogP contribution is 2.54. The van der Waals surface area contributed by atoms with Crippen molar-refractivity contribution in [2.45, 2.75) is 6.42 Å². The standard InChI is InChI=1S/C17H17NO4/c1-21-11-5-6-13(22-2)12(8-11)18-16(19)14-9-3-4-10(7-9)15(14)17(18)20/h3-6,8-10,14-15H,7H2,1-2H3/t9-,10+,14-,15-/m0/s1. The molecule has 2 bridgehead atoms. The molecule has 2 amide bonds. The molecule has 1 saturated heterocycles. The van der Waals surface area contributed by atoms with Crippen LogP contribution < -0.4 is 14.4 Å². The first kappa shape index (κ1) is 13.4. The van der Waals surface area contributed by atoms with Crippen molar-refractivity contribution in [3.63, 3.8) is 0 Å². The van der Waals surface area contributed by atoms with Gasteiger partial charge in [-0.3, -0.25) is 9.59 Å². The van der Waals surface area contributed by atoms with Gasteiger partial charge in [0.25, 0.3) is 0 Å². The van der Waals surface area contributed by atoms with Crippen molar-refractivity contribution < 1.29 is 19.1 Å². The first-order valence-electron chi connectivity index (χ1n) is 7.44. The van der Waals surface area contributed by atoms with Gasteiger partial charge < -0.3 is 9.47 Å². The van der Waals surface area contributed by atoms with Gasteiger partial charge in [0.15, 0.2) is 0 Å². The Morgan fingerprint density at radius 2 is 1.64 bits per heavy atom. The summed E-state index contributed by atoms with van der Waals surface area (Å²) < 4.78 is 10.5. The molecule has 0 aromatic heterocycles. The molecule has 1 aromatic carbocycles. The summed E-state index contributed by atoms with van der Waals surface area (Å²) in [5, 5.41) is 0. The van der Waals surface area contributed by atoms with Crippen molar-refractivity contribution in [3.8, 4) is 11.5 Å². The summed E-state index contributed by atoms with van der Waals surface area (Å²) in [6.07, 6.45) is 5.10. The monoisotopic (exact) mass is 299 g/mol. The van der Waals surface area contributed by atoms with Gasteiger partial charge in [-0.15, -0.1) is 0 Å². The van der Waals surface area contributed by atoms with Crippen LogP contribution >= 0.6 is 0 Å². The first-order valence-corrected chi connectivity index (χ1v) is 7.44. The summed E-state index contributed by atoms with van der Waals surface area (Å²) in [5.41, 5.74) is 0.477. The fourth-order valence-corrected chi connectivity index (χ4v) is 4.11. The van der Waals surface area contributed by atoms with E-state index in [-0.39, 0.29) is 35.5 Å². The highest BCUT2D eigenvalue weighted by molar-refractivity contribution is 6.23. The maximum Gasteiger partial charge on any atom is 0.238 e. The van der Waals surface area contributed by atoms with E-state index in [0.717, 1.165) is 6.42 Å². The lowest BCUT2D eigenvalue weighted by Gasteiger charge is -2.20. The number of rotatable bonds is 3. The molecule has 0 spiro atoms. The molecule has 114 valence electrons. The lowest BCUT2D eigenvalue weighted by atomic mass is 9.85. The quantitative estimate of drug-likeness (QED) is 0.633. The first-order chi connectivity index (χ1) is 10.7. The number of nitrogens with zero attached hydrogens (tertiary/aromatic N) is 1. The van der Waals surface area contributed by atoms with Crippen LogP contribution in [0.3, 0.4) is 0 Å². The maximum atomic E-state index is 12.8. The van der Waals surface area contributed by atoms with E-state index in [9.17, 15) is 9.59 Å². The molecule has 1 heterocycles. The van der Waals surface area contributed by atoms with Gasteiger partial charge >= 0.3 is 0 Å². The predicted molar refractivity (Wildman–Crippen MR) is 79.8 cm³/mol. The third kappa shape index (κ3) is 1.59. The molecule has 4 atom stereocenters. The fourth-order valence-electron chi connectivity index (χ4n) is 4.11. The van der Waals surface area contributed by atoms with E-state index in [1.807, 2.05) is 0 Å². The van der Waals surface area contributed by atoms with Crippen LogP contribution in [0.1, 0.15) is 6.42 Å². The molecule has 2 fully saturated rings. The average molecular weight is 299 g/mol. The zero-order valence-electron chi connectivity index (χ0n) is 12.5. The van der Waals surface area contributed by atoms with Crippen LogP contribution in [0, 0.1) is 23.7 Å². The number of ether oxygens (including phenoxy) is 2. The average Bonchev–Trinajstić information content (AvgIpc) is 3.21. The molecule has 0 N–H and O–H groups in total. The molecule has 1 saturated carbocycles. The van der Waals surface area contributed by atoms with E-state index < -0.39 is 0 Å². The van der Waals surface area contributed by atoms with Crippen molar-refractivity contribution in [3.05, 3.63) is 30.4 Å². The van der Waals surface area contributed by atoms with Gasteiger partial charge in [-0.05, 0) is 30.4 Å². The zero-order chi connectivity index (χ0) is 15.4. The number of carbonyl (C=O) groups is 2. The number of anilines is 1. The van der Waals surface area contributed by atoms with Gasteiger partial charge in [0.2, 0.25) is 11.8 Å². The molecule has 5 heteroatoms. The van der Waals surface area contributed by atoms with Crippen LogP contribution in [0.4, 0.5) is 5.69 Å². The number of hydrogen-bond acceptors (Lipinski definition) is 4. The number of carbonyl (C=O) groups excluding carboxylic acids is 2. The summed E-state index contributed by atoms with van der Waals surface area (Å²) >= 11 is 0. The minimum Gasteiger partial charge on any atom is -0.497 e. The highest BCUT2D eigenvalue weighted by atomic mass is 16.5. The van der Waals surface area contributed by atoms with Crippen molar-refractivity contribution >= 4 is 17.5 Å². The van der Waals surface area contributed by atoms with Crippen LogP contribution in [-0.2, 0) is 9.59 Å². The summed E-state index contributed by atoms with van der Waals surface area (Å²) in [5.74, 6) is 0.854. The van der Waals surface area contributed by atoms with E-state index in [0.29, 0.717) is 17.2 Å². The summed E-state index contributed by atoms with van der Waals surface area (Å²) in [6.45, 7) is 0. The Kier molecular flexibility index (Phi) is 2.79. The molecule has 3 aliphatic rings. The van der Waals surface area contributed by atoms with Gasteiger partial charge in [-0.2, -0.15) is 0 Å². The number of imide groups is 1. The Balaban J connectivity index is 1.78. The summed E-state index contributed by atoms with van der Waals surface area (Å²) in [4.78, 5) is 27.0. The Hall–Kier alpha value is -2.30. The molecule has 0 unspecified atom stereocenters. The van der Waals surface area contributed by atoms with Gasteiger partial charge in [-0.1, -0.05) is 12.2 Å². The zero-order valence-corrected chi connectivity index (χ0v) is 12.5. The second kappa shape index (κ2) is 4.60. The van der Waals surface area contributed by atoms with E-state index in [2.05, 4.69) is 12.2 Å². The maximum absolute atomic E-state index is 12.8. The van der Waals surface area contributed by atoms with Gasteiger partial charge in [0.05, 0.1) is 31.7 Å². The number of methoxy groups -OCH3 is 2. The number of fused-ring (bicyclic) bond motifs is 5. The molecule has 4 rings (SSSR count). The van der Waals surface area contributed by atoms with Gasteiger partial charge in [0, 0.05) is 6.07 Å². The van der Waals surface area contributed by atoms with E-state index in [1.54, 1.807) is 25.3 Å². The largest absolute Gasteiger partial charge is 0.497 e. The minimum atomic E-state index is -0.210. The highest BCUT2D eigenvalue weighted by Gasteiger charge is 2.59. The topological polar surface area (TPSA) is 55.8 Å². The van der Waals surface area contributed by atoms with E-state index in [1.165, 1.54) is 12.0 Å². The molecular formula is C17H17NO4. The van der Waals surface area contributed by atoms with E-state index in [4.69, 9.17) is 9.47 Å². The van der Waals surface area contributed by atoms with Gasteiger partial charge in [-0.25, -0.2) is 4.90 Å². The van der Waals surface area contributed by atoms with Crippen LogP contribution in [-0.4, -0.2) is 26.0 Å². The molecule has 1 aromatic rings. The molecule has 2 aliphatic carbocycles. The summed E-state index contributed by atoms with van der Waals surface area (Å²) in [6, 6.07) is 5.15. The second-order valence-electron chi connectivity index (χ2n) is 6.05. The van der Waals surface area contributed by atoms with Crippen LogP contribution in [0.5, 0.6) is 11.5 Å². The third-order valence-electron chi connectivity index (χ3n) is 5.10. The predicted octanol–water partition coefficient (Wildman–Crippen LogP) is 2.02. The SMILES string of the molecule is COc1ccc(OC)c(N2C(=O)[C@@H]3[C@@H](C2=O)[C@H]2C=C[C@@H]3C2)c1. The second-order valence-corrected chi connectivity index (χ2v) is 6.05. The van der Waals surface area contributed by atoms with E-state index >= 15 is 0 Å². The Morgan fingerprint density at radius 1 is 1.00 bits per heavy atom. The number of amides is 2. The third-order valence-corrected chi connectivity index (χ3v) is 5.10. The molecule has 22 heavy (non-hydrogen) atoms. The van der Waals surface area contributed by atoms with Crippen molar-refractivity contribution in [2.75, 3.05) is 19.1 Å². The summed E-state index contributed by atoms with van der Waals surface area (Å²) in [7, 11) is 3.08. The lowest BCUT2D eigenvalue weighted by Crippen LogP contribution is -2.33. The lowest BCUT2D eigenvalue weighted by molar-refractivity contribution is -0.123. The van der Waals surface area contributed by atoms with Crippen LogP contribution in [0.15, 0.2) is 30.4 Å². The smallest absolute Gasteiger partial charge is 0.238 e. The van der Waals surface area contributed by atoms with Crippen molar-refractivity contribution in [2.24, 2.45) is 23.7 Å². The van der Waals surface area contributed by atoms with Gasteiger partial charge in [0.1, 0.15) is 11.5 Å². The molecule has 5 nitrogen and oxygen atoms in total. The Bertz CT molecular complexity index is 666. The molecular weight excluding hydrogens is 282 g/mol. The molecule has 0 radical (unpaired) electrons. The number of allylic oxidation sites excluding steroid dienone is 2. The van der Waals surface area contributed by atoms with Crippen LogP contribution in [0.25, 0.3) is 0 Å². The fraction of sp³-hybridized carbons (Fsp3) is 0.412. The van der Waals surface area contributed by atoms with Crippen molar-refractivity contribution in [1.82, 2.24) is 0 Å². The number of benzene rings is 1.